The van der Waals surface area contributed by atoms with Crippen molar-refractivity contribution in [1.82, 2.24) is 4.98 Å². The molecule has 0 aliphatic carbocycles. The first-order valence-corrected chi connectivity index (χ1v) is 12.9. The van der Waals surface area contributed by atoms with Crippen LogP contribution in [0.25, 0.3) is 21.4 Å². The SMILES string of the molecule is C=CC(=O)Oc1ccccc1/C(=C(\CC)c1cccc(Oc2ccccc2)c1)c1ccc2scnc2c1. The van der Waals surface area contributed by atoms with Gasteiger partial charge in [-0.3, -0.25) is 0 Å². The molecule has 0 spiro atoms. The Bertz CT molecular complexity index is 1600. The highest BCUT2D eigenvalue weighted by Gasteiger charge is 2.19. The Morgan fingerprint density at radius 2 is 1.68 bits per heavy atom. The monoisotopic (exact) mass is 503 g/mol. The van der Waals surface area contributed by atoms with Crippen LogP contribution in [0.3, 0.4) is 0 Å². The third-order valence-electron chi connectivity index (χ3n) is 5.97. The summed E-state index contributed by atoms with van der Waals surface area (Å²) in [6.07, 6.45) is 1.91. The number of fused-ring (bicyclic) bond motifs is 1. The van der Waals surface area contributed by atoms with Gasteiger partial charge in [-0.1, -0.05) is 68.1 Å². The number of aromatic nitrogens is 1. The molecule has 4 nitrogen and oxygen atoms in total. The van der Waals surface area contributed by atoms with Crippen molar-refractivity contribution in [2.45, 2.75) is 13.3 Å². The lowest BCUT2D eigenvalue weighted by molar-refractivity contribution is -0.128. The minimum absolute atomic E-state index is 0.475. The number of esters is 1. The number of rotatable bonds is 8. The third kappa shape index (κ3) is 5.37. The molecule has 4 aromatic carbocycles. The highest BCUT2D eigenvalue weighted by Crippen LogP contribution is 2.40. The molecule has 0 bridgehead atoms. The van der Waals surface area contributed by atoms with E-state index in [-0.39, 0.29) is 0 Å². The Balaban J connectivity index is 1.71. The van der Waals surface area contributed by atoms with Crippen molar-refractivity contribution in [3.8, 4) is 17.2 Å². The van der Waals surface area contributed by atoms with E-state index in [0.717, 1.165) is 56.0 Å². The van der Waals surface area contributed by atoms with Crippen LogP contribution >= 0.6 is 11.3 Å². The maximum Gasteiger partial charge on any atom is 0.335 e. The van der Waals surface area contributed by atoms with Crippen molar-refractivity contribution in [3.05, 3.63) is 132 Å². The highest BCUT2D eigenvalue weighted by atomic mass is 32.1. The summed E-state index contributed by atoms with van der Waals surface area (Å²) in [5.74, 6) is 1.49. The Kier molecular flexibility index (Phi) is 7.24. The molecule has 5 heteroatoms. The van der Waals surface area contributed by atoms with E-state index in [2.05, 4.69) is 42.8 Å². The zero-order valence-electron chi connectivity index (χ0n) is 20.4. The van der Waals surface area contributed by atoms with Crippen LogP contribution in [0.5, 0.6) is 17.2 Å². The topological polar surface area (TPSA) is 48.4 Å². The number of hydrogen-bond donors (Lipinski definition) is 0. The standard InChI is InChI=1S/C32H25NO3S/c1-3-26(22-11-10-14-25(19-22)35-24-12-6-5-7-13-24)32(23-17-18-30-28(20-23)33-21-37-30)27-15-8-9-16-29(27)36-31(34)4-2/h4-21H,2-3H2,1H3/b32-26+. The van der Waals surface area contributed by atoms with Gasteiger partial charge in [0.05, 0.1) is 15.7 Å². The highest BCUT2D eigenvalue weighted by molar-refractivity contribution is 7.16. The van der Waals surface area contributed by atoms with Crippen molar-refractivity contribution in [1.29, 1.82) is 0 Å². The van der Waals surface area contributed by atoms with Crippen LogP contribution in [0.2, 0.25) is 0 Å². The third-order valence-corrected chi connectivity index (χ3v) is 6.78. The molecule has 0 aliphatic heterocycles. The lowest BCUT2D eigenvalue weighted by Crippen LogP contribution is -2.06. The van der Waals surface area contributed by atoms with Crippen LogP contribution < -0.4 is 9.47 Å². The molecule has 0 unspecified atom stereocenters. The Morgan fingerprint density at radius 3 is 2.49 bits per heavy atom. The van der Waals surface area contributed by atoms with E-state index in [0.29, 0.717) is 5.75 Å². The molecule has 182 valence electrons. The summed E-state index contributed by atoms with van der Waals surface area (Å²) in [4.78, 5) is 16.7. The minimum Gasteiger partial charge on any atom is -0.457 e. The van der Waals surface area contributed by atoms with Crippen molar-refractivity contribution in [2.75, 3.05) is 0 Å². The van der Waals surface area contributed by atoms with Gasteiger partial charge in [0.1, 0.15) is 17.2 Å². The first-order chi connectivity index (χ1) is 18.2. The van der Waals surface area contributed by atoms with Gasteiger partial charge >= 0.3 is 5.97 Å². The van der Waals surface area contributed by atoms with Crippen LogP contribution in [-0.2, 0) is 4.79 Å². The zero-order valence-corrected chi connectivity index (χ0v) is 21.2. The molecule has 5 rings (SSSR count). The first kappa shape index (κ1) is 24.2. The minimum atomic E-state index is -0.502. The maximum absolute atomic E-state index is 12.2. The van der Waals surface area contributed by atoms with Gasteiger partial charge in [-0.2, -0.15) is 0 Å². The fraction of sp³-hybridized carbons (Fsp3) is 0.0625. The number of para-hydroxylation sites is 2. The number of thiazole rings is 1. The van der Waals surface area contributed by atoms with Gasteiger partial charge in [0.15, 0.2) is 0 Å². The molecule has 1 aromatic heterocycles. The molecule has 0 saturated carbocycles. The fourth-order valence-corrected chi connectivity index (χ4v) is 4.97. The summed E-state index contributed by atoms with van der Waals surface area (Å²) in [7, 11) is 0. The largest absolute Gasteiger partial charge is 0.457 e. The fourth-order valence-electron chi connectivity index (χ4n) is 4.32. The summed E-state index contributed by atoms with van der Waals surface area (Å²) in [6.45, 7) is 5.68. The van der Waals surface area contributed by atoms with Crippen LogP contribution in [0, 0.1) is 0 Å². The van der Waals surface area contributed by atoms with Crippen LogP contribution in [0.15, 0.2) is 115 Å². The lowest BCUT2D eigenvalue weighted by Gasteiger charge is -2.19. The number of allylic oxidation sites excluding steroid dienone is 1. The molecule has 0 atom stereocenters. The van der Waals surface area contributed by atoms with Gasteiger partial charge in [0.2, 0.25) is 0 Å². The second-order valence-electron chi connectivity index (χ2n) is 8.31. The first-order valence-electron chi connectivity index (χ1n) is 12.0. The van der Waals surface area contributed by atoms with Crippen LogP contribution in [-0.4, -0.2) is 11.0 Å². The van der Waals surface area contributed by atoms with Crippen molar-refractivity contribution < 1.29 is 14.3 Å². The summed E-state index contributed by atoms with van der Waals surface area (Å²) in [5, 5.41) is 0. The molecular formula is C32H25NO3S. The van der Waals surface area contributed by atoms with Gasteiger partial charge in [-0.05, 0) is 71.2 Å². The predicted octanol–water partition coefficient (Wildman–Crippen LogP) is 8.55. The maximum atomic E-state index is 12.2. The average molecular weight is 504 g/mol. The van der Waals surface area contributed by atoms with Crippen molar-refractivity contribution >= 4 is 38.7 Å². The lowest BCUT2D eigenvalue weighted by atomic mass is 9.87. The number of carbonyl (C=O) groups is 1. The second kappa shape index (κ2) is 11.1. The number of nitrogens with zero attached hydrogens (tertiary/aromatic N) is 1. The quantitative estimate of drug-likeness (QED) is 0.0921. The molecule has 0 aliphatic rings. The molecule has 0 fully saturated rings. The molecular weight excluding hydrogens is 478 g/mol. The number of hydrogen-bond acceptors (Lipinski definition) is 5. The second-order valence-corrected chi connectivity index (χ2v) is 9.19. The van der Waals surface area contributed by atoms with Gasteiger partial charge in [-0.25, -0.2) is 9.78 Å². The molecule has 37 heavy (non-hydrogen) atoms. The number of benzene rings is 4. The van der Waals surface area contributed by atoms with Gasteiger partial charge in [0.25, 0.3) is 0 Å². The molecule has 0 saturated heterocycles. The molecule has 0 radical (unpaired) electrons. The van der Waals surface area contributed by atoms with E-state index in [4.69, 9.17) is 9.47 Å². The van der Waals surface area contributed by atoms with Gasteiger partial charge in [0, 0.05) is 11.6 Å². The van der Waals surface area contributed by atoms with E-state index < -0.39 is 5.97 Å². The van der Waals surface area contributed by atoms with E-state index >= 15 is 0 Å². The van der Waals surface area contributed by atoms with Crippen molar-refractivity contribution in [3.63, 3.8) is 0 Å². The summed E-state index contributed by atoms with van der Waals surface area (Å²) >= 11 is 1.61. The van der Waals surface area contributed by atoms with Crippen LogP contribution in [0.1, 0.15) is 30.0 Å². The van der Waals surface area contributed by atoms with Gasteiger partial charge in [-0.15, -0.1) is 11.3 Å². The Morgan fingerprint density at radius 1 is 0.892 bits per heavy atom. The summed E-state index contributed by atoms with van der Waals surface area (Å²) < 4.78 is 12.9. The molecule has 1 heterocycles. The number of ether oxygens (including phenoxy) is 2. The van der Waals surface area contributed by atoms with E-state index in [1.165, 1.54) is 6.08 Å². The Labute approximate surface area is 220 Å². The average Bonchev–Trinajstić information content (AvgIpc) is 3.41. The zero-order chi connectivity index (χ0) is 25.6. The normalized spacial score (nSPS) is 11.6. The van der Waals surface area contributed by atoms with Gasteiger partial charge < -0.3 is 9.47 Å². The van der Waals surface area contributed by atoms with E-state index in [1.807, 2.05) is 72.2 Å². The molecule has 0 N–H and O–H groups in total. The Hall–Kier alpha value is -4.48. The summed E-state index contributed by atoms with van der Waals surface area (Å²) in [5.41, 5.74) is 7.68. The van der Waals surface area contributed by atoms with Crippen molar-refractivity contribution in [2.24, 2.45) is 0 Å². The molecule has 5 aromatic rings. The van der Waals surface area contributed by atoms with E-state index in [1.54, 1.807) is 17.4 Å². The van der Waals surface area contributed by atoms with E-state index in [9.17, 15) is 4.79 Å². The predicted molar refractivity (Wildman–Crippen MR) is 151 cm³/mol. The smallest absolute Gasteiger partial charge is 0.335 e. The summed E-state index contributed by atoms with van der Waals surface area (Å²) in [6, 6.07) is 31.7. The number of carbonyl (C=O) groups excluding carboxylic acids is 1. The van der Waals surface area contributed by atoms with Crippen LogP contribution in [0.4, 0.5) is 0 Å². The molecule has 0 amide bonds.